The van der Waals surface area contributed by atoms with Gasteiger partial charge in [0.1, 0.15) is 28.6 Å². The molecule has 4 N–H and O–H groups in total. The number of carboxylic acid groups (broad SMARTS) is 1. The van der Waals surface area contributed by atoms with Crippen molar-refractivity contribution in [1.82, 2.24) is 5.32 Å². The van der Waals surface area contributed by atoms with E-state index in [1.807, 2.05) is 0 Å². The molecule has 12 heteroatoms. The van der Waals surface area contributed by atoms with Gasteiger partial charge in [0.2, 0.25) is 5.91 Å². The fourth-order valence-corrected chi connectivity index (χ4v) is 4.20. The molecule has 2 aromatic carbocycles. The first-order valence-electron chi connectivity index (χ1n) is 10.2. The largest absolute Gasteiger partial charge is 0.495 e. The maximum atomic E-state index is 14.7. The molecule has 0 spiro atoms. The summed E-state index contributed by atoms with van der Waals surface area (Å²) in [6.45, 7) is 4.44. The van der Waals surface area contributed by atoms with Crippen molar-refractivity contribution in [3.05, 3.63) is 60.1 Å². The molecule has 186 valence electrons. The topological polar surface area (TPSA) is 147 Å². The van der Waals surface area contributed by atoms with Crippen LogP contribution < -0.4 is 20.1 Å². The van der Waals surface area contributed by atoms with Crippen molar-refractivity contribution in [2.45, 2.75) is 31.2 Å². The van der Waals surface area contributed by atoms with E-state index in [1.165, 1.54) is 51.3 Å². The lowest BCUT2D eigenvalue weighted by Gasteiger charge is -2.23. The first-order valence-corrected chi connectivity index (χ1v) is 11.7. The molecule has 0 saturated heterocycles. The first-order chi connectivity index (χ1) is 16.3. The van der Waals surface area contributed by atoms with E-state index in [9.17, 15) is 22.4 Å². The summed E-state index contributed by atoms with van der Waals surface area (Å²) in [7, 11) is -2.93. The molecule has 0 fully saturated rings. The van der Waals surface area contributed by atoms with Gasteiger partial charge in [-0.2, -0.15) is 0 Å². The van der Waals surface area contributed by atoms with Crippen LogP contribution in [0.5, 0.6) is 5.75 Å². The number of nitrogens with one attached hydrogen (secondary N) is 3. The number of hydrogen-bond acceptors (Lipinski definition) is 6. The zero-order valence-electron chi connectivity index (χ0n) is 19.3. The van der Waals surface area contributed by atoms with E-state index in [1.54, 1.807) is 19.1 Å². The van der Waals surface area contributed by atoms with Gasteiger partial charge in [0.05, 0.1) is 23.3 Å². The fraction of sp³-hybridized carbons (Fsp3) is 0.217. The van der Waals surface area contributed by atoms with Crippen LogP contribution in [0.4, 0.5) is 20.6 Å². The second-order valence-electron chi connectivity index (χ2n) is 8.08. The van der Waals surface area contributed by atoms with E-state index in [-0.39, 0.29) is 33.3 Å². The molecule has 0 aliphatic rings. The number of hydrogen-bond donors (Lipinski definition) is 4. The average molecular weight is 506 g/mol. The van der Waals surface area contributed by atoms with Gasteiger partial charge < -0.3 is 24.9 Å². The molecule has 2 amide bonds. The monoisotopic (exact) mass is 505 g/mol. The summed E-state index contributed by atoms with van der Waals surface area (Å²) in [5, 5.41) is 13.5. The fourth-order valence-electron chi connectivity index (χ4n) is 3.12. The summed E-state index contributed by atoms with van der Waals surface area (Å²) >= 11 is 0. The Morgan fingerprint density at radius 1 is 1.09 bits per heavy atom. The van der Waals surface area contributed by atoms with Crippen molar-refractivity contribution in [3.63, 3.8) is 0 Å². The predicted octanol–water partition coefficient (Wildman–Crippen LogP) is 4.19. The van der Waals surface area contributed by atoms with Crippen LogP contribution in [-0.2, 0) is 14.8 Å². The molecular formula is C23H24FN3O7S. The number of carbonyl (C=O) groups excluding carboxylic acids is 1. The number of benzene rings is 2. The van der Waals surface area contributed by atoms with Crippen molar-refractivity contribution in [2.75, 3.05) is 17.1 Å². The molecule has 10 nitrogen and oxygen atoms in total. The highest BCUT2D eigenvalue weighted by Gasteiger charge is 2.30. The normalized spacial score (nSPS) is 11.6. The Hall–Kier alpha value is -4.06. The summed E-state index contributed by atoms with van der Waals surface area (Å²) in [5.74, 6) is -0.480. The lowest BCUT2D eigenvalue weighted by molar-refractivity contribution is -0.121. The highest BCUT2D eigenvalue weighted by Crippen LogP contribution is 2.32. The molecule has 1 heterocycles. The third kappa shape index (κ3) is 5.90. The third-order valence-corrected chi connectivity index (χ3v) is 6.31. The Morgan fingerprint density at radius 2 is 1.80 bits per heavy atom. The minimum Gasteiger partial charge on any atom is -0.495 e. The van der Waals surface area contributed by atoms with Crippen molar-refractivity contribution >= 4 is 33.4 Å². The van der Waals surface area contributed by atoms with Crippen LogP contribution in [-0.4, -0.2) is 38.2 Å². The zero-order valence-corrected chi connectivity index (χ0v) is 20.1. The Balaban J connectivity index is 1.87. The third-order valence-electron chi connectivity index (χ3n) is 4.95. The molecule has 3 aromatic rings. The predicted molar refractivity (Wildman–Crippen MR) is 127 cm³/mol. The van der Waals surface area contributed by atoms with E-state index < -0.39 is 33.4 Å². The minimum atomic E-state index is -4.26. The van der Waals surface area contributed by atoms with Crippen LogP contribution in [0.3, 0.4) is 0 Å². The van der Waals surface area contributed by atoms with Gasteiger partial charge in [-0.1, -0.05) is 0 Å². The number of aryl methyl sites for hydroxylation is 1. The van der Waals surface area contributed by atoms with Gasteiger partial charge in [-0.3, -0.25) is 9.52 Å². The van der Waals surface area contributed by atoms with Crippen LogP contribution in [0.1, 0.15) is 19.6 Å². The highest BCUT2D eigenvalue weighted by atomic mass is 32.2. The van der Waals surface area contributed by atoms with Crippen molar-refractivity contribution in [2.24, 2.45) is 0 Å². The molecule has 3 rings (SSSR count). The number of carbonyl (C=O) groups is 2. The molecule has 35 heavy (non-hydrogen) atoms. The summed E-state index contributed by atoms with van der Waals surface area (Å²) in [6, 6.07) is 10.8. The van der Waals surface area contributed by atoms with E-state index in [0.717, 1.165) is 6.07 Å². The second kappa shape index (κ2) is 9.66. The van der Waals surface area contributed by atoms with E-state index >= 15 is 0 Å². The van der Waals surface area contributed by atoms with Gasteiger partial charge in [0, 0.05) is 5.69 Å². The number of methoxy groups -OCH3 is 1. The zero-order chi connectivity index (χ0) is 26.0. The smallest absolute Gasteiger partial charge is 0.405 e. The molecule has 0 saturated carbocycles. The first kappa shape index (κ1) is 25.6. The quantitative estimate of drug-likeness (QED) is 0.359. The molecule has 1 aromatic heterocycles. The van der Waals surface area contributed by atoms with Crippen LogP contribution in [0.15, 0.2) is 57.8 Å². The summed E-state index contributed by atoms with van der Waals surface area (Å²) in [5.41, 5.74) is -1.21. The van der Waals surface area contributed by atoms with Gasteiger partial charge in [0.15, 0.2) is 0 Å². The molecule has 0 atom stereocenters. The van der Waals surface area contributed by atoms with Crippen molar-refractivity contribution in [1.29, 1.82) is 0 Å². The molecule has 0 unspecified atom stereocenters. The lowest BCUT2D eigenvalue weighted by Crippen LogP contribution is -2.51. The lowest BCUT2D eigenvalue weighted by atomic mass is 10.0. The Labute approximate surface area is 201 Å². The van der Waals surface area contributed by atoms with E-state index in [2.05, 4.69) is 15.4 Å². The molecule has 0 aliphatic heterocycles. The van der Waals surface area contributed by atoms with Crippen molar-refractivity contribution < 1.29 is 36.7 Å². The van der Waals surface area contributed by atoms with Crippen molar-refractivity contribution in [3.8, 4) is 17.1 Å². The van der Waals surface area contributed by atoms with Crippen LogP contribution in [0.25, 0.3) is 11.3 Å². The number of furan rings is 1. The molecule has 0 aliphatic carbocycles. The molecule has 0 radical (unpaired) electrons. The summed E-state index contributed by atoms with van der Waals surface area (Å²) in [6.07, 6.45) is -1.38. The summed E-state index contributed by atoms with van der Waals surface area (Å²) in [4.78, 5) is 23.0. The maximum absolute atomic E-state index is 14.7. The number of halogens is 1. The second-order valence-corrected chi connectivity index (χ2v) is 9.76. The Morgan fingerprint density at radius 3 is 2.37 bits per heavy atom. The average Bonchev–Trinajstić information content (AvgIpc) is 3.18. The van der Waals surface area contributed by atoms with Crippen LogP contribution in [0, 0.1) is 12.7 Å². The standard InChI is InChI=1S/C23H24FN3O7S/c1-13-5-9-19(34-13)16-8-7-15(12-17(16)24)35(31,32)27-18-11-14(6-10-20(18)33-4)25-21(28)23(2,3)26-22(29)30/h5-12,26-27H,1-4H3,(H,25,28)(H,29,30). The highest BCUT2D eigenvalue weighted by molar-refractivity contribution is 7.92. The minimum absolute atomic E-state index is 0.0274. The van der Waals surface area contributed by atoms with Gasteiger partial charge >= 0.3 is 6.09 Å². The number of anilines is 2. The van der Waals surface area contributed by atoms with Gasteiger partial charge in [0.25, 0.3) is 10.0 Å². The Bertz CT molecular complexity index is 1380. The molecule has 0 bridgehead atoms. The molecular weight excluding hydrogens is 481 g/mol. The summed E-state index contributed by atoms with van der Waals surface area (Å²) < 4.78 is 53.6. The number of sulfonamides is 1. The number of ether oxygens (including phenoxy) is 1. The van der Waals surface area contributed by atoms with E-state index in [0.29, 0.717) is 5.76 Å². The van der Waals surface area contributed by atoms with Crippen LogP contribution in [0.2, 0.25) is 0 Å². The number of rotatable bonds is 8. The SMILES string of the molecule is COc1ccc(NC(=O)C(C)(C)NC(=O)O)cc1NS(=O)(=O)c1ccc(-c2ccc(C)o2)c(F)c1. The van der Waals surface area contributed by atoms with Gasteiger partial charge in [-0.05, 0) is 69.3 Å². The Kier molecular flexibility index (Phi) is 7.06. The maximum Gasteiger partial charge on any atom is 0.405 e. The van der Waals surface area contributed by atoms with Gasteiger partial charge in [-0.25, -0.2) is 17.6 Å². The van der Waals surface area contributed by atoms with Crippen LogP contribution >= 0.6 is 0 Å². The van der Waals surface area contributed by atoms with E-state index in [4.69, 9.17) is 14.3 Å². The van der Waals surface area contributed by atoms with Gasteiger partial charge in [-0.15, -0.1) is 0 Å². The number of amides is 2.